The van der Waals surface area contributed by atoms with Gasteiger partial charge >= 0.3 is 6.04 Å². The van der Waals surface area contributed by atoms with Crippen molar-refractivity contribution in [2.75, 3.05) is 0 Å². The summed E-state index contributed by atoms with van der Waals surface area (Å²) in [5.74, 6) is -2.40. The predicted octanol–water partition coefficient (Wildman–Crippen LogP) is 2.73. The van der Waals surface area contributed by atoms with Crippen molar-refractivity contribution in [3.8, 4) is 0 Å². The second kappa shape index (κ2) is 3.15. The van der Waals surface area contributed by atoms with Crippen LogP contribution in [-0.4, -0.2) is 6.04 Å². The maximum atomic E-state index is 12.7. The van der Waals surface area contributed by atoms with E-state index in [9.17, 15) is 18.0 Å². The SMILES string of the molecule is O=C(F)c1ccc(F)c(Cl)c1F. The first-order chi connectivity index (χ1) is 5.54. The lowest BCUT2D eigenvalue weighted by atomic mass is 10.2. The third kappa shape index (κ3) is 1.43. The minimum absolute atomic E-state index is 0.693. The van der Waals surface area contributed by atoms with Gasteiger partial charge in [0, 0.05) is 0 Å². The summed E-state index contributed by atoms with van der Waals surface area (Å²) in [5, 5.41) is -0.876. The number of rotatable bonds is 1. The smallest absolute Gasteiger partial charge is 0.255 e. The van der Waals surface area contributed by atoms with E-state index in [2.05, 4.69) is 0 Å². The average Bonchev–Trinajstić information content (AvgIpc) is 2.00. The van der Waals surface area contributed by atoms with Crippen molar-refractivity contribution in [2.24, 2.45) is 0 Å². The van der Waals surface area contributed by atoms with Crippen LogP contribution in [0.15, 0.2) is 12.1 Å². The highest BCUT2D eigenvalue weighted by atomic mass is 35.5. The summed E-state index contributed by atoms with van der Waals surface area (Å²) in [6, 6.07) is -0.564. The average molecular weight is 195 g/mol. The molecule has 0 unspecified atom stereocenters. The molecule has 1 rings (SSSR count). The van der Waals surface area contributed by atoms with Gasteiger partial charge in [0.05, 0.1) is 5.56 Å². The summed E-state index contributed by atoms with van der Waals surface area (Å²) in [6.07, 6.45) is 0. The van der Waals surface area contributed by atoms with Gasteiger partial charge in [0.1, 0.15) is 10.8 Å². The molecule has 0 aliphatic carbocycles. The second-order valence-corrected chi connectivity index (χ2v) is 2.37. The van der Waals surface area contributed by atoms with Crippen molar-refractivity contribution in [1.29, 1.82) is 0 Å². The molecule has 0 heterocycles. The van der Waals surface area contributed by atoms with Crippen LogP contribution < -0.4 is 0 Å². The van der Waals surface area contributed by atoms with Crippen LogP contribution in [-0.2, 0) is 0 Å². The van der Waals surface area contributed by atoms with E-state index in [1.165, 1.54) is 0 Å². The maximum Gasteiger partial charge on any atom is 0.335 e. The van der Waals surface area contributed by atoms with E-state index in [0.29, 0.717) is 6.07 Å². The van der Waals surface area contributed by atoms with Crippen molar-refractivity contribution in [1.82, 2.24) is 0 Å². The monoisotopic (exact) mass is 194 g/mol. The van der Waals surface area contributed by atoms with Crippen molar-refractivity contribution >= 4 is 17.6 Å². The zero-order valence-corrected chi connectivity index (χ0v) is 6.33. The summed E-state index contributed by atoms with van der Waals surface area (Å²) in [5.41, 5.74) is -0.860. The topological polar surface area (TPSA) is 17.1 Å². The molecular formula is C7H2ClF3O. The molecule has 12 heavy (non-hydrogen) atoms. The fourth-order valence-corrected chi connectivity index (χ4v) is 0.842. The van der Waals surface area contributed by atoms with Gasteiger partial charge in [0.2, 0.25) is 0 Å². The summed E-state index contributed by atoms with van der Waals surface area (Å²) in [7, 11) is 0. The Hall–Kier alpha value is -1.03. The van der Waals surface area contributed by atoms with E-state index < -0.39 is 28.3 Å². The number of halogens is 4. The normalized spacial score (nSPS) is 10.0. The highest BCUT2D eigenvalue weighted by molar-refractivity contribution is 6.31. The van der Waals surface area contributed by atoms with Crippen LogP contribution >= 0.6 is 11.6 Å². The molecule has 1 aromatic carbocycles. The first kappa shape index (κ1) is 9.06. The lowest BCUT2D eigenvalue weighted by molar-refractivity contribution is 0.0831. The Labute approximate surface area is 70.8 Å². The number of hydrogen-bond acceptors (Lipinski definition) is 1. The van der Waals surface area contributed by atoms with E-state index in [4.69, 9.17) is 11.6 Å². The Morgan fingerprint density at radius 2 is 1.92 bits per heavy atom. The van der Waals surface area contributed by atoms with Crippen LogP contribution in [0.1, 0.15) is 10.4 Å². The predicted molar refractivity (Wildman–Crippen MR) is 36.8 cm³/mol. The molecule has 1 nitrogen and oxygen atoms in total. The van der Waals surface area contributed by atoms with Gasteiger partial charge in [-0.1, -0.05) is 11.6 Å². The zero-order valence-electron chi connectivity index (χ0n) is 5.57. The molecule has 64 valence electrons. The molecule has 0 aromatic heterocycles. The molecule has 0 fully saturated rings. The number of carbonyl (C=O) groups is 1. The Bertz CT molecular complexity index is 338. The molecule has 0 spiro atoms. The molecule has 5 heteroatoms. The summed E-state index contributed by atoms with van der Waals surface area (Å²) in [6.45, 7) is 0. The van der Waals surface area contributed by atoms with Gasteiger partial charge in [-0.2, -0.15) is 4.39 Å². The van der Waals surface area contributed by atoms with Gasteiger partial charge in [0.25, 0.3) is 0 Å². The van der Waals surface area contributed by atoms with Gasteiger partial charge in [-0.05, 0) is 12.1 Å². The van der Waals surface area contributed by atoms with Crippen LogP contribution in [0, 0.1) is 11.6 Å². The fourth-order valence-electron chi connectivity index (χ4n) is 0.678. The van der Waals surface area contributed by atoms with Crippen molar-refractivity contribution in [2.45, 2.75) is 0 Å². The molecule has 0 bridgehead atoms. The summed E-state index contributed by atoms with van der Waals surface area (Å²) in [4.78, 5) is 10.0. The molecule has 0 saturated heterocycles. The largest absolute Gasteiger partial charge is 0.335 e. The Balaban J connectivity index is 3.36. The molecule has 0 radical (unpaired) electrons. The van der Waals surface area contributed by atoms with Crippen LogP contribution in [0.25, 0.3) is 0 Å². The third-order valence-corrected chi connectivity index (χ3v) is 1.59. The quantitative estimate of drug-likeness (QED) is 0.496. The van der Waals surface area contributed by atoms with Crippen LogP contribution in [0.4, 0.5) is 13.2 Å². The number of benzene rings is 1. The molecular weight excluding hydrogens is 193 g/mol. The van der Waals surface area contributed by atoms with Gasteiger partial charge in [-0.15, -0.1) is 0 Å². The van der Waals surface area contributed by atoms with Crippen LogP contribution in [0.2, 0.25) is 5.02 Å². The van der Waals surface area contributed by atoms with Crippen LogP contribution in [0.5, 0.6) is 0 Å². The highest BCUT2D eigenvalue weighted by Gasteiger charge is 2.16. The molecule has 0 atom stereocenters. The van der Waals surface area contributed by atoms with Crippen molar-refractivity contribution in [3.63, 3.8) is 0 Å². The lowest BCUT2D eigenvalue weighted by Crippen LogP contribution is -1.97. The van der Waals surface area contributed by atoms with Gasteiger partial charge < -0.3 is 0 Å². The first-order valence-electron chi connectivity index (χ1n) is 2.87. The Kier molecular flexibility index (Phi) is 2.38. The van der Waals surface area contributed by atoms with E-state index in [1.54, 1.807) is 0 Å². The van der Waals surface area contributed by atoms with Crippen LogP contribution in [0.3, 0.4) is 0 Å². The number of hydrogen-bond donors (Lipinski definition) is 0. The van der Waals surface area contributed by atoms with Gasteiger partial charge in [0.15, 0.2) is 5.82 Å². The second-order valence-electron chi connectivity index (χ2n) is 2.00. The van der Waals surface area contributed by atoms with Gasteiger partial charge in [-0.3, -0.25) is 4.79 Å². The lowest BCUT2D eigenvalue weighted by Gasteiger charge is -1.98. The fraction of sp³-hybridized carbons (Fsp3) is 0. The maximum absolute atomic E-state index is 12.7. The highest BCUT2D eigenvalue weighted by Crippen LogP contribution is 2.22. The minimum atomic E-state index is -1.98. The summed E-state index contributed by atoms with van der Waals surface area (Å²) < 4.78 is 37.0. The molecule has 0 saturated carbocycles. The third-order valence-electron chi connectivity index (χ3n) is 1.25. The standard InChI is InChI=1S/C7H2ClF3O/c8-5-4(9)2-1-3(6(5)10)7(11)12/h1-2H. The van der Waals surface area contributed by atoms with E-state index in [1.807, 2.05) is 0 Å². The van der Waals surface area contributed by atoms with E-state index in [0.717, 1.165) is 6.07 Å². The first-order valence-corrected chi connectivity index (χ1v) is 3.25. The van der Waals surface area contributed by atoms with E-state index >= 15 is 0 Å². The molecule has 1 aromatic rings. The molecule has 0 aliphatic rings. The minimum Gasteiger partial charge on any atom is -0.255 e. The van der Waals surface area contributed by atoms with Gasteiger partial charge in [-0.25, -0.2) is 8.78 Å². The molecule has 0 aliphatic heterocycles. The Morgan fingerprint density at radius 1 is 1.33 bits per heavy atom. The number of carbonyl (C=O) groups excluding carboxylic acids is 1. The molecule has 0 amide bonds. The van der Waals surface area contributed by atoms with E-state index in [-0.39, 0.29) is 0 Å². The van der Waals surface area contributed by atoms with Crippen molar-refractivity contribution in [3.05, 3.63) is 34.4 Å². The molecule has 0 N–H and O–H groups in total. The zero-order chi connectivity index (χ0) is 9.30. The summed E-state index contributed by atoms with van der Waals surface area (Å²) >= 11 is 5.06. The Morgan fingerprint density at radius 3 is 2.42 bits per heavy atom. The van der Waals surface area contributed by atoms with Crippen molar-refractivity contribution < 1.29 is 18.0 Å².